The molecule has 1 heterocycles. The predicted molar refractivity (Wildman–Crippen MR) is 78.0 cm³/mol. The maximum Gasteiger partial charge on any atom is 0.243 e. The zero-order valence-electron chi connectivity index (χ0n) is 10.4. The van der Waals surface area contributed by atoms with Crippen LogP contribution in [0.1, 0.15) is 25.8 Å². The second-order valence-corrected chi connectivity index (χ2v) is 5.69. The van der Waals surface area contributed by atoms with Crippen LogP contribution in [0.3, 0.4) is 0 Å². The first-order chi connectivity index (χ1) is 9.08. The summed E-state index contributed by atoms with van der Waals surface area (Å²) in [6.45, 7) is 1.85. The number of carbonyl (C=O) groups excluding carboxylic acids is 1. The smallest absolute Gasteiger partial charge is 0.243 e. The Morgan fingerprint density at radius 3 is 3.00 bits per heavy atom. The fourth-order valence-electron chi connectivity index (χ4n) is 2.17. The number of aromatic nitrogens is 2. The molecule has 1 aromatic heterocycles. The van der Waals surface area contributed by atoms with E-state index in [1.54, 1.807) is 6.07 Å². The summed E-state index contributed by atoms with van der Waals surface area (Å²) >= 11 is 11.4. The van der Waals surface area contributed by atoms with Gasteiger partial charge in [-0.25, -0.2) is 0 Å². The van der Waals surface area contributed by atoms with E-state index in [9.17, 15) is 4.79 Å². The van der Waals surface area contributed by atoms with Crippen LogP contribution in [0.2, 0.25) is 5.02 Å². The molecule has 0 aliphatic heterocycles. The topological polar surface area (TPSA) is 49.8 Å². The number of halogens is 1. The van der Waals surface area contributed by atoms with Crippen LogP contribution in [0.4, 0.5) is 0 Å². The first-order valence-electron chi connectivity index (χ1n) is 6.27. The lowest BCUT2D eigenvalue weighted by Gasteiger charge is -2.14. The monoisotopic (exact) mass is 295 g/mol. The summed E-state index contributed by atoms with van der Waals surface area (Å²) in [6, 6.07) is 5.57. The van der Waals surface area contributed by atoms with Crippen LogP contribution in [0.15, 0.2) is 18.2 Å². The average Bonchev–Trinajstić information content (AvgIpc) is 3.10. The van der Waals surface area contributed by atoms with E-state index in [0.717, 1.165) is 23.9 Å². The lowest BCUT2D eigenvalue weighted by molar-refractivity contribution is -0.123. The average molecular weight is 296 g/mol. The molecule has 1 unspecified atom stereocenters. The Balaban J connectivity index is 2.03. The Labute approximate surface area is 120 Å². The number of imidazole rings is 1. The third kappa shape index (κ3) is 2.28. The zero-order valence-corrected chi connectivity index (χ0v) is 12.0. The van der Waals surface area contributed by atoms with Gasteiger partial charge in [0.1, 0.15) is 6.04 Å². The molecule has 3 rings (SSSR count). The second-order valence-electron chi connectivity index (χ2n) is 4.89. The Bertz CT molecular complexity index is 701. The highest BCUT2D eigenvalue weighted by molar-refractivity contribution is 7.71. The van der Waals surface area contributed by atoms with Crippen molar-refractivity contribution in [2.24, 2.45) is 0 Å². The molecule has 2 N–H and O–H groups in total. The number of nitrogens with one attached hydrogen (secondary N) is 2. The van der Waals surface area contributed by atoms with Crippen LogP contribution < -0.4 is 5.32 Å². The number of fused-ring (bicyclic) bond motifs is 1. The van der Waals surface area contributed by atoms with Crippen molar-refractivity contribution in [1.82, 2.24) is 14.9 Å². The quantitative estimate of drug-likeness (QED) is 0.855. The summed E-state index contributed by atoms with van der Waals surface area (Å²) in [4.78, 5) is 15.2. The SMILES string of the molecule is CC(C(=O)NC1CC1)n1c(=S)[nH]c2c(Cl)cccc21. The maximum atomic E-state index is 12.1. The summed E-state index contributed by atoms with van der Waals surface area (Å²) in [6.07, 6.45) is 2.15. The molecule has 1 atom stereocenters. The van der Waals surface area contributed by atoms with Crippen molar-refractivity contribution in [1.29, 1.82) is 0 Å². The highest BCUT2D eigenvalue weighted by Gasteiger charge is 2.27. The molecule has 0 spiro atoms. The molecule has 0 radical (unpaired) electrons. The van der Waals surface area contributed by atoms with Gasteiger partial charge in [0.15, 0.2) is 4.77 Å². The molecule has 1 aliphatic rings. The van der Waals surface area contributed by atoms with Gasteiger partial charge in [0, 0.05) is 6.04 Å². The minimum Gasteiger partial charge on any atom is -0.352 e. The van der Waals surface area contributed by atoms with E-state index >= 15 is 0 Å². The van der Waals surface area contributed by atoms with Crippen LogP contribution in [-0.2, 0) is 4.79 Å². The number of aromatic amines is 1. The summed E-state index contributed by atoms with van der Waals surface area (Å²) in [5, 5.41) is 3.60. The summed E-state index contributed by atoms with van der Waals surface area (Å²) in [5.74, 6) is -0.000486. The van der Waals surface area contributed by atoms with E-state index in [-0.39, 0.29) is 11.9 Å². The Morgan fingerprint density at radius 1 is 1.58 bits per heavy atom. The minimum atomic E-state index is -0.347. The largest absolute Gasteiger partial charge is 0.352 e. The van der Waals surface area contributed by atoms with Gasteiger partial charge >= 0.3 is 0 Å². The van der Waals surface area contributed by atoms with Gasteiger partial charge in [-0.1, -0.05) is 17.7 Å². The number of amides is 1. The standard InChI is InChI=1S/C13H14ClN3OS/c1-7(12(18)15-8-5-6-8)17-10-4-2-3-9(14)11(10)16-13(17)19/h2-4,7-8H,5-6H2,1H3,(H,15,18)(H,16,19). The van der Waals surface area contributed by atoms with E-state index in [1.807, 2.05) is 23.6 Å². The third-order valence-electron chi connectivity index (χ3n) is 3.39. The molecule has 1 aromatic carbocycles. The van der Waals surface area contributed by atoms with E-state index in [4.69, 9.17) is 23.8 Å². The normalized spacial score (nSPS) is 16.5. The highest BCUT2D eigenvalue weighted by atomic mass is 35.5. The molecule has 0 saturated heterocycles. The molecule has 1 amide bonds. The first-order valence-corrected chi connectivity index (χ1v) is 7.05. The Kier molecular flexibility index (Phi) is 3.11. The van der Waals surface area contributed by atoms with Crippen LogP contribution in [-0.4, -0.2) is 21.5 Å². The lowest BCUT2D eigenvalue weighted by Crippen LogP contribution is -2.32. The summed E-state index contributed by atoms with van der Waals surface area (Å²) in [7, 11) is 0. The van der Waals surface area contributed by atoms with Gasteiger partial charge in [0.25, 0.3) is 0 Å². The number of para-hydroxylation sites is 1. The highest BCUT2D eigenvalue weighted by Crippen LogP contribution is 2.26. The van der Waals surface area contributed by atoms with Gasteiger partial charge < -0.3 is 14.9 Å². The van der Waals surface area contributed by atoms with Crippen molar-refractivity contribution in [3.8, 4) is 0 Å². The van der Waals surface area contributed by atoms with Gasteiger partial charge in [0.05, 0.1) is 16.1 Å². The van der Waals surface area contributed by atoms with Crippen LogP contribution in [0.5, 0.6) is 0 Å². The van der Waals surface area contributed by atoms with Crippen molar-refractivity contribution in [3.05, 3.63) is 28.0 Å². The number of rotatable bonds is 3. The number of hydrogen-bond donors (Lipinski definition) is 2. The fraction of sp³-hybridized carbons (Fsp3) is 0.385. The van der Waals surface area contributed by atoms with Gasteiger partial charge in [-0.15, -0.1) is 0 Å². The fourth-order valence-corrected chi connectivity index (χ4v) is 2.74. The molecule has 4 nitrogen and oxygen atoms in total. The molecule has 1 saturated carbocycles. The number of H-pyrrole nitrogens is 1. The maximum absolute atomic E-state index is 12.1. The van der Waals surface area contributed by atoms with Crippen molar-refractivity contribution >= 4 is 40.8 Å². The number of benzene rings is 1. The van der Waals surface area contributed by atoms with Crippen LogP contribution in [0, 0.1) is 4.77 Å². The molecule has 1 aliphatic carbocycles. The predicted octanol–water partition coefficient (Wildman–Crippen LogP) is 3.19. The molecule has 6 heteroatoms. The molecule has 0 bridgehead atoms. The van der Waals surface area contributed by atoms with Crippen LogP contribution >= 0.6 is 23.8 Å². The molecule has 1 fully saturated rings. The zero-order chi connectivity index (χ0) is 13.6. The molecule has 100 valence electrons. The van der Waals surface area contributed by atoms with E-state index in [2.05, 4.69) is 10.3 Å². The van der Waals surface area contributed by atoms with Crippen molar-refractivity contribution in [2.75, 3.05) is 0 Å². The van der Waals surface area contributed by atoms with Gasteiger partial charge in [0.2, 0.25) is 5.91 Å². The van der Waals surface area contributed by atoms with Crippen molar-refractivity contribution < 1.29 is 4.79 Å². The van der Waals surface area contributed by atoms with Gasteiger partial charge in [-0.05, 0) is 44.1 Å². The van der Waals surface area contributed by atoms with Gasteiger partial charge in [-0.3, -0.25) is 4.79 Å². The van der Waals surface area contributed by atoms with Gasteiger partial charge in [-0.2, -0.15) is 0 Å². The summed E-state index contributed by atoms with van der Waals surface area (Å²) < 4.78 is 2.33. The van der Waals surface area contributed by atoms with Crippen LogP contribution in [0.25, 0.3) is 11.0 Å². The minimum absolute atomic E-state index is 0.000486. The number of hydrogen-bond acceptors (Lipinski definition) is 2. The van der Waals surface area contributed by atoms with Crippen molar-refractivity contribution in [3.63, 3.8) is 0 Å². The lowest BCUT2D eigenvalue weighted by atomic mass is 10.2. The number of nitrogens with zero attached hydrogens (tertiary/aromatic N) is 1. The number of carbonyl (C=O) groups is 1. The second kappa shape index (κ2) is 4.65. The van der Waals surface area contributed by atoms with E-state index in [0.29, 0.717) is 15.8 Å². The Hall–Kier alpha value is -1.33. The first kappa shape index (κ1) is 12.7. The molecule has 2 aromatic rings. The molecular weight excluding hydrogens is 282 g/mol. The Morgan fingerprint density at radius 2 is 2.32 bits per heavy atom. The molecule has 19 heavy (non-hydrogen) atoms. The summed E-state index contributed by atoms with van der Waals surface area (Å²) in [5.41, 5.74) is 1.64. The van der Waals surface area contributed by atoms with Crippen molar-refractivity contribution in [2.45, 2.75) is 31.8 Å². The third-order valence-corrected chi connectivity index (χ3v) is 4.01. The van der Waals surface area contributed by atoms with E-state index < -0.39 is 0 Å². The van der Waals surface area contributed by atoms with E-state index in [1.165, 1.54) is 0 Å². The molecular formula is C13H14ClN3OS.